The molecule has 0 aliphatic heterocycles. The maximum Gasteiger partial charge on any atom is -0.00265 e. The summed E-state index contributed by atoms with van der Waals surface area (Å²) in [6.45, 7) is 2.27. The van der Waals surface area contributed by atoms with Gasteiger partial charge in [-0.05, 0) is 18.2 Å². The molecule has 0 rings (SSSR count). The summed E-state index contributed by atoms with van der Waals surface area (Å²) in [6.07, 6.45) is 14.4. The largest absolute Gasteiger partial charge is 0.0891 e. The highest BCUT2D eigenvalue weighted by molar-refractivity contribution is 7.83. The predicted octanol–water partition coefficient (Wildman–Crippen LogP) is 5.23. The first-order valence-electron chi connectivity index (χ1n) is 5.68. The lowest BCUT2D eigenvalue weighted by Gasteiger charge is -1.99. The molecule has 0 unspecified atom stereocenters. The topological polar surface area (TPSA) is 0 Å². The second-order valence-electron chi connectivity index (χ2n) is 3.64. The van der Waals surface area contributed by atoms with Crippen LogP contribution in [0.25, 0.3) is 0 Å². The van der Waals surface area contributed by atoms with Crippen molar-refractivity contribution in [1.82, 2.24) is 0 Å². The number of rotatable bonds is 9. The average molecular weight is 199 g/mol. The van der Waals surface area contributed by atoms with Gasteiger partial charge in [-0.1, -0.05) is 70.6 Å². The van der Waals surface area contributed by atoms with Gasteiger partial charge in [0, 0.05) is 0 Å². The SMILES string of the molecule is CCCCCCCCCC/C=C/[S]. The van der Waals surface area contributed by atoms with Gasteiger partial charge < -0.3 is 0 Å². The summed E-state index contributed by atoms with van der Waals surface area (Å²) < 4.78 is 0. The first kappa shape index (κ1) is 13.0. The molecule has 0 atom stereocenters. The third-order valence-corrected chi connectivity index (χ3v) is 2.51. The predicted molar refractivity (Wildman–Crippen MR) is 64.0 cm³/mol. The van der Waals surface area contributed by atoms with E-state index in [1.54, 1.807) is 5.41 Å². The van der Waals surface area contributed by atoms with Gasteiger partial charge in [0.25, 0.3) is 0 Å². The molecule has 0 nitrogen and oxygen atoms in total. The lowest BCUT2D eigenvalue weighted by Crippen LogP contribution is -1.79. The van der Waals surface area contributed by atoms with Crippen molar-refractivity contribution in [2.45, 2.75) is 64.7 Å². The van der Waals surface area contributed by atoms with Gasteiger partial charge in [-0.15, -0.1) is 0 Å². The second kappa shape index (κ2) is 12.0. The van der Waals surface area contributed by atoms with Crippen LogP contribution in [-0.4, -0.2) is 0 Å². The zero-order valence-electron chi connectivity index (χ0n) is 8.93. The Morgan fingerprint density at radius 3 is 1.92 bits per heavy atom. The third kappa shape index (κ3) is 12.0. The van der Waals surface area contributed by atoms with E-state index >= 15 is 0 Å². The first-order valence-corrected chi connectivity index (χ1v) is 6.16. The van der Waals surface area contributed by atoms with Crippen LogP contribution in [0.4, 0.5) is 0 Å². The van der Waals surface area contributed by atoms with Gasteiger partial charge in [0.15, 0.2) is 0 Å². The van der Waals surface area contributed by atoms with Crippen molar-refractivity contribution in [2.24, 2.45) is 0 Å². The number of unbranched alkanes of at least 4 members (excludes halogenated alkanes) is 8. The van der Waals surface area contributed by atoms with E-state index in [9.17, 15) is 0 Å². The van der Waals surface area contributed by atoms with Gasteiger partial charge in [-0.3, -0.25) is 0 Å². The van der Waals surface area contributed by atoms with Gasteiger partial charge in [0.05, 0.1) is 0 Å². The van der Waals surface area contributed by atoms with E-state index in [0.29, 0.717) is 0 Å². The lowest BCUT2D eigenvalue weighted by molar-refractivity contribution is 0.578. The molecule has 1 radical (unpaired) electrons. The molecule has 0 aliphatic carbocycles. The summed E-state index contributed by atoms with van der Waals surface area (Å²) in [5.41, 5.74) is 0. The van der Waals surface area contributed by atoms with Gasteiger partial charge in [-0.2, -0.15) is 0 Å². The maximum atomic E-state index is 4.72. The van der Waals surface area contributed by atoms with Gasteiger partial charge in [-0.25, -0.2) is 0 Å². The third-order valence-electron chi connectivity index (χ3n) is 2.32. The van der Waals surface area contributed by atoms with E-state index < -0.39 is 0 Å². The average Bonchev–Trinajstić information content (AvgIpc) is 2.16. The Labute approximate surface area is 89.2 Å². The summed E-state index contributed by atoms with van der Waals surface area (Å²) in [5, 5.41) is 1.74. The van der Waals surface area contributed by atoms with Crippen LogP contribution < -0.4 is 0 Å². The van der Waals surface area contributed by atoms with Crippen molar-refractivity contribution in [3.05, 3.63) is 11.5 Å². The Hall–Kier alpha value is -0.0400. The van der Waals surface area contributed by atoms with Gasteiger partial charge in [0.1, 0.15) is 0 Å². The Morgan fingerprint density at radius 1 is 0.846 bits per heavy atom. The van der Waals surface area contributed by atoms with Crippen LogP contribution >= 0.6 is 12.6 Å². The van der Waals surface area contributed by atoms with Crippen LogP contribution in [0.15, 0.2) is 11.5 Å². The number of allylic oxidation sites excluding steroid dienone is 1. The summed E-state index contributed by atoms with van der Waals surface area (Å²) in [7, 11) is 0. The van der Waals surface area contributed by atoms with Crippen LogP contribution in [0, 0.1) is 0 Å². The summed E-state index contributed by atoms with van der Waals surface area (Å²) in [6, 6.07) is 0. The number of hydrogen-bond donors (Lipinski definition) is 0. The van der Waals surface area contributed by atoms with Crippen LogP contribution in [-0.2, 0) is 0 Å². The van der Waals surface area contributed by atoms with Crippen molar-refractivity contribution in [3.63, 3.8) is 0 Å². The van der Waals surface area contributed by atoms with E-state index in [0.717, 1.165) is 0 Å². The molecule has 0 aliphatic rings. The fourth-order valence-electron chi connectivity index (χ4n) is 1.46. The zero-order valence-corrected chi connectivity index (χ0v) is 9.74. The Balaban J connectivity index is 2.83. The lowest BCUT2D eigenvalue weighted by atomic mass is 10.1. The van der Waals surface area contributed by atoms with Crippen molar-refractivity contribution in [2.75, 3.05) is 0 Å². The fourth-order valence-corrected chi connectivity index (χ4v) is 1.60. The highest BCUT2D eigenvalue weighted by Gasteiger charge is 1.89. The second-order valence-corrected chi connectivity index (χ2v) is 3.91. The minimum atomic E-state index is 1.18. The highest BCUT2D eigenvalue weighted by Crippen LogP contribution is 2.09. The Bertz CT molecular complexity index is 108. The molecule has 0 aromatic carbocycles. The molecule has 0 bridgehead atoms. The van der Waals surface area contributed by atoms with Gasteiger partial charge >= 0.3 is 0 Å². The molecule has 1 heteroatoms. The molecule has 0 heterocycles. The molecule has 0 fully saturated rings. The van der Waals surface area contributed by atoms with Crippen LogP contribution in [0.2, 0.25) is 0 Å². The maximum absolute atomic E-state index is 4.72. The molecule has 77 valence electrons. The van der Waals surface area contributed by atoms with Gasteiger partial charge in [0.2, 0.25) is 0 Å². The van der Waals surface area contributed by atoms with Crippen LogP contribution in [0.3, 0.4) is 0 Å². The van der Waals surface area contributed by atoms with E-state index in [4.69, 9.17) is 12.6 Å². The molecule has 0 saturated carbocycles. The normalized spacial score (nSPS) is 11.2. The molecule has 0 saturated heterocycles. The molecule has 13 heavy (non-hydrogen) atoms. The summed E-state index contributed by atoms with van der Waals surface area (Å²) >= 11 is 4.72. The van der Waals surface area contributed by atoms with E-state index in [-0.39, 0.29) is 0 Å². The van der Waals surface area contributed by atoms with Crippen molar-refractivity contribution in [1.29, 1.82) is 0 Å². The number of hydrogen-bond acceptors (Lipinski definition) is 0. The molecular formula is C12H23S. The summed E-state index contributed by atoms with van der Waals surface area (Å²) in [4.78, 5) is 0. The first-order chi connectivity index (χ1) is 6.41. The molecule has 0 amide bonds. The fraction of sp³-hybridized carbons (Fsp3) is 0.833. The molecule has 0 N–H and O–H groups in total. The van der Waals surface area contributed by atoms with Crippen LogP contribution in [0.1, 0.15) is 64.7 Å². The molecular weight excluding hydrogens is 176 g/mol. The zero-order chi connectivity index (χ0) is 9.78. The molecule has 0 aromatic rings. The van der Waals surface area contributed by atoms with Crippen molar-refractivity contribution >= 4 is 12.6 Å². The smallest absolute Gasteiger partial charge is 0.00265 e. The summed E-state index contributed by atoms with van der Waals surface area (Å²) in [5.74, 6) is 0. The van der Waals surface area contributed by atoms with Crippen molar-refractivity contribution < 1.29 is 0 Å². The quantitative estimate of drug-likeness (QED) is 0.446. The van der Waals surface area contributed by atoms with Crippen LogP contribution in [0.5, 0.6) is 0 Å². The minimum absolute atomic E-state index is 1.18. The highest BCUT2D eigenvalue weighted by atomic mass is 32.1. The Morgan fingerprint density at radius 2 is 1.38 bits per heavy atom. The minimum Gasteiger partial charge on any atom is -0.0891 e. The molecule has 0 spiro atoms. The standard InChI is InChI=1S/C12H23S/c1-2-3-4-5-6-7-8-9-10-11-12-13/h11-12H,2-10H2,1H3/b12-11+. The van der Waals surface area contributed by atoms with Crippen molar-refractivity contribution in [3.8, 4) is 0 Å². The Kier molecular flexibility index (Phi) is 11.9. The molecule has 0 aromatic heterocycles. The van der Waals surface area contributed by atoms with E-state index in [2.05, 4.69) is 13.0 Å². The van der Waals surface area contributed by atoms with E-state index in [1.165, 1.54) is 57.8 Å². The monoisotopic (exact) mass is 199 g/mol. The van der Waals surface area contributed by atoms with E-state index in [1.807, 2.05) is 0 Å².